The van der Waals surface area contributed by atoms with Gasteiger partial charge in [-0.15, -0.1) is 0 Å². The minimum absolute atomic E-state index is 0.0451. The summed E-state index contributed by atoms with van der Waals surface area (Å²) >= 11 is 5.01. The number of aliphatic carboxylic acids is 1. The Morgan fingerprint density at radius 2 is 2.11 bits per heavy atom. The summed E-state index contributed by atoms with van der Waals surface area (Å²) in [7, 11) is 0. The Morgan fingerprint density at radius 1 is 1.39 bits per heavy atom. The zero-order chi connectivity index (χ0) is 13.0. The maximum absolute atomic E-state index is 11.2. The molecule has 0 saturated heterocycles. The van der Waals surface area contributed by atoms with Gasteiger partial charge in [0.1, 0.15) is 6.33 Å². The molecule has 0 aliphatic carbocycles. The van der Waals surface area contributed by atoms with Gasteiger partial charge >= 0.3 is 5.97 Å². The van der Waals surface area contributed by atoms with Gasteiger partial charge in [-0.25, -0.2) is 9.78 Å². The van der Waals surface area contributed by atoms with E-state index in [0.717, 1.165) is 0 Å². The average molecular weight is 262 g/mol. The molecule has 92 valence electrons. The fraction of sp³-hybridized carbons (Fsp3) is 0.0833. The summed E-state index contributed by atoms with van der Waals surface area (Å²) in [5, 5.41) is 9.21. The van der Waals surface area contributed by atoms with Gasteiger partial charge in [0.25, 0.3) is 5.17 Å². The first-order chi connectivity index (χ1) is 8.68. The molecule has 0 spiro atoms. The topological polar surface area (TPSA) is 64.3 Å². The van der Waals surface area contributed by atoms with E-state index in [0.29, 0.717) is 5.56 Å². The molecule has 0 aliphatic rings. The lowest BCUT2D eigenvalue weighted by Crippen LogP contribution is -2.21. The molecular weight excluding hydrogens is 252 g/mol. The fourth-order valence-electron chi connectivity index (χ4n) is 1.42. The molecule has 1 unspecified atom stereocenters. The van der Waals surface area contributed by atoms with Gasteiger partial charge in [0.15, 0.2) is 0 Å². The summed E-state index contributed by atoms with van der Waals surface area (Å²) < 4.78 is 6.74. The smallest absolute Gasteiger partial charge is 0.349 e. The number of hydrogen-bond acceptors (Lipinski definition) is 4. The predicted molar refractivity (Wildman–Crippen MR) is 68.1 cm³/mol. The highest BCUT2D eigenvalue weighted by Gasteiger charge is 2.23. The van der Waals surface area contributed by atoms with Crippen molar-refractivity contribution in [1.29, 1.82) is 0 Å². The van der Waals surface area contributed by atoms with Crippen LogP contribution in [0.2, 0.25) is 0 Å². The van der Waals surface area contributed by atoms with Crippen molar-refractivity contribution >= 4 is 23.4 Å². The number of carboxylic acids is 1. The summed E-state index contributed by atoms with van der Waals surface area (Å²) in [6.07, 6.45) is 3.45. The van der Waals surface area contributed by atoms with Crippen LogP contribution in [0.15, 0.2) is 49.1 Å². The van der Waals surface area contributed by atoms with Crippen LogP contribution in [0.25, 0.3) is 0 Å². The third-order valence-corrected chi connectivity index (χ3v) is 2.57. The molecule has 0 aliphatic heterocycles. The van der Waals surface area contributed by atoms with Crippen molar-refractivity contribution in [3.8, 4) is 0 Å². The molecule has 1 aromatic carbocycles. The molecule has 2 rings (SSSR count). The summed E-state index contributed by atoms with van der Waals surface area (Å²) in [6, 6.07) is 8.64. The molecule has 18 heavy (non-hydrogen) atoms. The van der Waals surface area contributed by atoms with Gasteiger partial charge in [-0.3, -0.25) is 4.57 Å². The maximum atomic E-state index is 11.2. The number of carbonyl (C=O) groups is 1. The number of imidazole rings is 1. The van der Waals surface area contributed by atoms with Crippen molar-refractivity contribution in [3.05, 3.63) is 54.6 Å². The van der Waals surface area contributed by atoms with Crippen LogP contribution >= 0.6 is 12.2 Å². The van der Waals surface area contributed by atoms with Crippen molar-refractivity contribution in [2.24, 2.45) is 0 Å². The van der Waals surface area contributed by atoms with E-state index in [9.17, 15) is 4.79 Å². The lowest BCUT2D eigenvalue weighted by Gasteiger charge is -2.15. The minimum Gasteiger partial charge on any atom is -0.478 e. The number of carboxylic acid groups (broad SMARTS) is 1. The molecule has 0 radical (unpaired) electrons. The molecule has 0 amide bonds. The molecule has 1 heterocycles. The van der Waals surface area contributed by atoms with Crippen LogP contribution in [0.4, 0.5) is 0 Å². The number of rotatable bonds is 3. The molecule has 0 fully saturated rings. The summed E-state index contributed by atoms with van der Waals surface area (Å²) in [4.78, 5) is 15.0. The molecular formula is C12H10N2O3S. The summed E-state index contributed by atoms with van der Waals surface area (Å²) in [5.74, 6) is -1.09. The number of ether oxygens (including phenoxy) is 1. The standard InChI is InChI=1S/C12H10N2O3S/c15-11(16)10(9-4-2-1-3-5-9)17-12(18)14-7-6-13-8-14/h1-8,10H,(H,15,16). The van der Waals surface area contributed by atoms with Gasteiger partial charge in [0, 0.05) is 18.0 Å². The quantitative estimate of drug-likeness (QED) is 0.855. The van der Waals surface area contributed by atoms with E-state index in [-0.39, 0.29) is 5.17 Å². The molecule has 0 bridgehead atoms. The molecule has 1 aromatic heterocycles. The van der Waals surface area contributed by atoms with Gasteiger partial charge in [0.05, 0.1) is 0 Å². The number of nitrogens with zero attached hydrogens (tertiary/aromatic N) is 2. The normalized spacial score (nSPS) is 11.8. The molecule has 5 nitrogen and oxygen atoms in total. The van der Waals surface area contributed by atoms with Crippen molar-refractivity contribution in [2.75, 3.05) is 0 Å². The average Bonchev–Trinajstić information content (AvgIpc) is 2.90. The van der Waals surface area contributed by atoms with E-state index in [4.69, 9.17) is 22.1 Å². The molecule has 2 aromatic rings. The number of benzene rings is 1. The highest BCUT2D eigenvalue weighted by atomic mass is 32.1. The Kier molecular flexibility index (Phi) is 3.69. The predicted octanol–water partition coefficient (Wildman–Crippen LogP) is 1.86. The first kappa shape index (κ1) is 12.3. The molecule has 1 atom stereocenters. The van der Waals surface area contributed by atoms with Crippen molar-refractivity contribution in [3.63, 3.8) is 0 Å². The lowest BCUT2D eigenvalue weighted by atomic mass is 10.1. The van der Waals surface area contributed by atoms with E-state index >= 15 is 0 Å². The SMILES string of the molecule is O=C(O)C(OC(=S)n1ccnc1)c1ccccc1. The maximum Gasteiger partial charge on any atom is 0.349 e. The van der Waals surface area contributed by atoms with Crippen LogP contribution < -0.4 is 0 Å². The van der Waals surface area contributed by atoms with Gasteiger partial charge in [0.2, 0.25) is 6.10 Å². The molecule has 0 saturated carbocycles. The second-order valence-electron chi connectivity index (χ2n) is 3.48. The Hall–Kier alpha value is -2.21. The van der Waals surface area contributed by atoms with Crippen molar-refractivity contribution in [2.45, 2.75) is 6.10 Å². The number of aromatic nitrogens is 2. The zero-order valence-corrected chi connectivity index (χ0v) is 10.1. The van der Waals surface area contributed by atoms with E-state index in [1.807, 2.05) is 0 Å². The van der Waals surface area contributed by atoms with Crippen LogP contribution in [0.1, 0.15) is 11.7 Å². The highest BCUT2D eigenvalue weighted by Crippen LogP contribution is 2.18. The van der Waals surface area contributed by atoms with Crippen molar-refractivity contribution in [1.82, 2.24) is 9.55 Å². The Labute approximate surface area is 109 Å². The Morgan fingerprint density at radius 3 is 2.67 bits per heavy atom. The van der Waals surface area contributed by atoms with E-state index in [1.165, 1.54) is 17.1 Å². The lowest BCUT2D eigenvalue weighted by molar-refractivity contribution is -0.146. The Bertz CT molecular complexity index is 540. The second-order valence-corrected chi connectivity index (χ2v) is 3.83. The monoisotopic (exact) mass is 262 g/mol. The van der Waals surface area contributed by atoms with Gasteiger partial charge in [-0.1, -0.05) is 30.3 Å². The molecule has 1 N–H and O–H groups in total. The summed E-state index contributed by atoms with van der Waals surface area (Å²) in [5.41, 5.74) is 0.535. The van der Waals surface area contributed by atoms with Crippen LogP contribution in [0.5, 0.6) is 0 Å². The van der Waals surface area contributed by atoms with Gasteiger partial charge in [-0.05, 0) is 12.2 Å². The highest BCUT2D eigenvalue weighted by molar-refractivity contribution is 7.80. The van der Waals surface area contributed by atoms with E-state index < -0.39 is 12.1 Å². The zero-order valence-electron chi connectivity index (χ0n) is 9.26. The first-order valence-electron chi connectivity index (χ1n) is 5.15. The Balaban J connectivity index is 2.18. The number of thiocarbonyl (C=S) groups is 1. The van der Waals surface area contributed by atoms with Gasteiger partial charge in [-0.2, -0.15) is 0 Å². The van der Waals surface area contributed by atoms with Crippen LogP contribution in [-0.4, -0.2) is 25.8 Å². The largest absolute Gasteiger partial charge is 0.478 e. The third-order valence-electron chi connectivity index (χ3n) is 2.26. The summed E-state index contributed by atoms with van der Waals surface area (Å²) in [6.45, 7) is 0. The number of hydrogen-bond donors (Lipinski definition) is 1. The first-order valence-corrected chi connectivity index (χ1v) is 5.56. The van der Waals surface area contributed by atoms with Crippen LogP contribution in [0, 0.1) is 0 Å². The fourth-order valence-corrected chi connectivity index (χ4v) is 1.62. The van der Waals surface area contributed by atoms with E-state index in [1.54, 1.807) is 36.5 Å². The minimum atomic E-state index is -1.12. The van der Waals surface area contributed by atoms with Gasteiger partial charge < -0.3 is 9.84 Å². The third kappa shape index (κ3) is 2.72. The van der Waals surface area contributed by atoms with E-state index in [2.05, 4.69) is 4.98 Å². The van der Waals surface area contributed by atoms with Crippen molar-refractivity contribution < 1.29 is 14.6 Å². The van der Waals surface area contributed by atoms with Crippen LogP contribution in [-0.2, 0) is 9.53 Å². The van der Waals surface area contributed by atoms with Crippen LogP contribution in [0.3, 0.4) is 0 Å². The second kappa shape index (κ2) is 5.42. The molecule has 6 heteroatoms.